The highest BCUT2D eigenvalue weighted by Crippen LogP contribution is 2.40. The van der Waals surface area contributed by atoms with Crippen molar-refractivity contribution in [3.63, 3.8) is 0 Å². The van der Waals surface area contributed by atoms with E-state index in [4.69, 9.17) is 9.26 Å². The fourth-order valence-electron chi connectivity index (χ4n) is 3.47. The zero-order valence-corrected chi connectivity index (χ0v) is 19.4. The monoisotopic (exact) mass is 481 g/mol. The molecule has 0 unspecified atom stereocenters. The van der Waals surface area contributed by atoms with Crippen LogP contribution < -0.4 is 10.0 Å². The minimum Gasteiger partial charge on any atom is -0.387 e. The van der Waals surface area contributed by atoms with Gasteiger partial charge in [-0.05, 0) is 7.05 Å². The molecule has 1 fully saturated rings. The summed E-state index contributed by atoms with van der Waals surface area (Å²) in [5, 5.41) is 28.3. The number of sulfonamides is 1. The van der Waals surface area contributed by atoms with Crippen LogP contribution >= 0.6 is 0 Å². The standard InChI is InChI=1S/C19H27N7O6S/c1-19(2,3)11-7-10(32-25-11)15-13(27)14(28)18(31-15)26-9-24-12-16(22-8-23-17(12)26)21-5-6-33(29,30)20-4/h7-9,13-15,18,20,27-28H,5-6H2,1-4H3,(H,21,22,23)/t13-,14+,15+,18+/m0/s1. The summed E-state index contributed by atoms with van der Waals surface area (Å²) in [6.45, 7) is 6.05. The molecule has 4 atom stereocenters. The van der Waals surface area contributed by atoms with Crippen molar-refractivity contribution in [3.8, 4) is 0 Å². The highest BCUT2D eigenvalue weighted by atomic mass is 32.2. The average molecular weight is 482 g/mol. The van der Waals surface area contributed by atoms with E-state index in [1.165, 1.54) is 24.3 Å². The van der Waals surface area contributed by atoms with Gasteiger partial charge in [-0.25, -0.2) is 28.1 Å². The Morgan fingerprint density at radius 3 is 2.61 bits per heavy atom. The Balaban J connectivity index is 1.57. The Labute approximate surface area is 190 Å². The van der Waals surface area contributed by atoms with Crippen LogP contribution in [0, 0.1) is 0 Å². The molecule has 0 aliphatic carbocycles. The molecule has 4 rings (SSSR count). The summed E-state index contributed by atoms with van der Waals surface area (Å²) in [7, 11) is -2.04. The first-order valence-corrected chi connectivity index (χ1v) is 12.0. The van der Waals surface area contributed by atoms with E-state index in [1.54, 1.807) is 6.07 Å². The quantitative estimate of drug-likeness (QED) is 0.359. The minimum absolute atomic E-state index is 0.104. The molecule has 0 amide bonds. The van der Waals surface area contributed by atoms with Gasteiger partial charge >= 0.3 is 0 Å². The zero-order valence-electron chi connectivity index (χ0n) is 18.6. The second-order valence-electron chi connectivity index (χ2n) is 8.79. The lowest BCUT2D eigenvalue weighted by molar-refractivity contribution is -0.0434. The summed E-state index contributed by atoms with van der Waals surface area (Å²) in [5.74, 6) is 0.489. The SMILES string of the molecule is CNS(=O)(=O)CCNc1ncnc2c1ncn2[C@@H]1O[C@H](c2cc(C(C)(C)C)no2)[C@@H](O)[C@H]1O. The molecule has 1 aliphatic heterocycles. The van der Waals surface area contributed by atoms with Crippen molar-refractivity contribution < 1.29 is 27.9 Å². The second kappa shape index (κ2) is 8.61. The van der Waals surface area contributed by atoms with Gasteiger partial charge in [0.15, 0.2) is 29.0 Å². The first-order chi connectivity index (χ1) is 15.5. The maximum Gasteiger partial charge on any atom is 0.213 e. The van der Waals surface area contributed by atoms with Crippen molar-refractivity contribution in [2.24, 2.45) is 0 Å². The lowest BCUT2D eigenvalue weighted by Crippen LogP contribution is -2.29. The molecule has 4 heterocycles. The van der Waals surface area contributed by atoms with Crippen molar-refractivity contribution in [1.29, 1.82) is 0 Å². The molecule has 0 saturated carbocycles. The molecule has 3 aromatic rings. The first kappa shape index (κ1) is 23.5. The predicted octanol–water partition coefficient (Wildman–Crippen LogP) is 0.0648. The van der Waals surface area contributed by atoms with Crippen LogP contribution in [-0.4, -0.2) is 74.9 Å². The van der Waals surface area contributed by atoms with Crippen molar-refractivity contribution in [3.05, 3.63) is 30.2 Å². The summed E-state index contributed by atoms with van der Waals surface area (Å²) in [4.78, 5) is 12.6. The van der Waals surface area contributed by atoms with E-state index in [-0.39, 0.29) is 17.7 Å². The number of ether oxygens (including phenoxy) is 1. The number of fused-ring (bicyclic) bond motifs is 1. The van der Waals surface area contributed by atoms with Gasteiger partial charge in [-0.3, -0.25) is 4.57 Å². The van der Waals surface area contributed by atoms with Crippen molar-refractivity contribution >= 4 is 27.0 Å². The number of anilines is 1. The molecule has 0 radical (unpaired) electrons. The number of hydrogen-bond acceptors (Lipinski definition) is 11. The van der Waals surface area contributed by atoms with Crippen LogP contribution in [0.1, 0.15) is 44.6 Å². The fourth-order valence-corrected chi connectivity index (χ4v) is 4.05. The van der Waals surface area contributed by atoms with Gasteiger partial charge in [-0.15, -0.1) is 0 Å². The predicted molar refractivity (Wildman–Crippen MR) is 117 cm³/mol. The first-order valence-electron chi connectivity index (χ1n) is 10.3. The Morgan fingerprint density at radius 2 is 1.94 bits per heavy atom. The van der Waals surface area contributed by atoms with Crippen LogP contribution in [0.15, 0.2) is 23.2 Å². The van der Waals surface area contributed by atoms with E-state index in [2.05, 4.69) is 30.1 Å². The van der Waals surface area contributed by atoms with Crippen molar-refractivity contribution in [2.45, 2.75) is 50.7 Å². The third-order valence-corrected chi connectivity index (χ3v) is 6.79. The van der Waals surface area contributed by atoms with E-state index in [1.807, 2.05) is 20.8 Å². The van der Waals surface area contributed by atoms with Gasteiger partial charge in [0.05, 0.1) is 17.8 Å². The minimum atomic E-state index is -3.38. The van der Waals surface area contributed by atoms with Gasteiger partial charge in [0.2, 0.25) is 10.0 Å². The Hall–Kier alpha value is -2.65. The molecule has 4 N–H and O–H groups in total. The molecule has 13 nitrogen and oxygen atoms in total. The largest absolute Gasteiger partial charge is 0.387 e. The molecule has 0 aromatic carbocycles. The summed E-state index contributed by atoms with van der Waals surface area (Å²) < 4.78 is 38.3. The van der Waals surface area contributed by atoms with Crippen LogP contribution in [0.2, 0.25) is 0 Å². The Kier molecular flexibility index (Phi) is 6.13. The zero-order chi connectivity index (χ0) is 24.0. The molecule has 1 saturated heterocycles. The normalized spacial score (nSPS) is 23.9. The van der Waals surface area contributed by atoms with Crippen LogP contribution in [-0.2, 0) is 20.2 Å². The van der Waals surface area contributed by atoms with Crippen molar-refractivity contribution in [1.82, 2.24) is 29.4 Å². The molecular formula is C19H27N7O6S. The lowest BCUT2D eigenvalue weighted by Gasteiger charge is -2.16. The third-order valence-electron chi connectivity index (χ3n) is 5.42. The van der Waals surface area contributed by atoms with E-state index >= 15 is 0 Å². The van der Waals surface area contributed by atoms with E-state index in [9.17, 15) is 18.6 Å². The Morgan fingerprint density at radius 1 is 1.18 bits per heavy atom. The summed E-state index contributed by atoms with van der Waals surface area (Å²) >= 11 is 0. The smallest absolute Gasteiger partial charge is 0.213 e. The lowest BCUT2D eigenvalue weighted by atomic mass is 9.92. The van der Waals surface area contributed by atoms with Crippen LogP contribution in [0.5, 0.6) is 0 Å². The number of aliphatic hydroxyl groups is 2. The second-order valence-corrected chi connectivity index (χ2v) is 10.8. The number of aliphatic hydroxyl groups excluding tert-OH is 2. The third kappa shape index (κ3) is 4.56. The van der Waals surface area contributed by atoms with Crippen molar-refractivity contribution in [2.75, 3.05) is 24.7 Å². The molecule has 0 spiro atoms. The van der Waals surface area contributed by atoms with Gasteiger partial charge < -0.3 is 24.8 Å². The number of nitrogens with one attached hydrogen (secondary N) is 2. The van der Waals surface area contributed by atoms with Gasteiger partial charge in [0.1, 0.15) is 24.6 Å². The highest BCUT2D eigenvalue weighted by Gasteiger charge is 2.47. The highest BCUT2D eigenvalue weighted by molar-refractivity contribution is 7.89. The number of nitrogens with zero attached hydrogens (tertiary/aromatic N) is 5. The van der Waals surface area contributed by atoms with Gasteiger partial charge in [-0.1, -0.05) is 25.9 Å². The molecular weight excluding hydrogens is 454 g/mol. The molecule has 0 bridgehead atoms. The number of hydrogen-bond donors (Lipinski definition) is 4. The van der Waals surface area contributed by atoms with E-state index in [0.717, 1.165) is 0 Å². The van der Waals surface area contributed by atoms with E-state index in [0.29, 0.717) is 28.4 Å². The molecule has 14 heteroatoms. The number of rotatable bonds is 7. The van der Waals surface area contributed by atoms with Gasteiger partial charge in [0.25, 0.3) is 0 Å². The molecule has 3 aromatic heterocycles. The van der Waals surface area contributed by atoms with E-state index < -0.39 is 34.6 Å². The maximum atomic E-state index is 11.6. The van der Waals surface area contributed by atoms with Gasteiger partial charge in [-0.2, -0.15) is 0 Å². The molecule has 33 heavy (non-hydrogen) atoms. The summed E-state index contributed by atoms with van der Waals surface area (Å²) in [6.07, 6.45) is -1.78. The topological polar surface area (TPSA) is 178 Å². The fraction of sp³-hybridized carbons (Fsp3) is 0.579. The number of imidazole rings is 1. The average Bonchev–Trinajstić information content (AvgIpc) is 3.47. The maximum absolute atomic E-state index is 11.6. The van der Waals surface area contributed by atoms with Gasteiger partial charge in [0, 0.05) is 18.0 Å². The van der Waals surface area contributed by atoms with Crippen LogP contribution in [0.25, 0.3) is 11.2 Å². The van der Waals surface area contributed by atoms with Crippen LogP contribution in [0.3, 0.4) is 0 Å². The molecule has 180 valence electrons. The van der Waals surface area contributed by atoms with Crippen LogP contribution in [0.4, 0.5) is 5.82 Å². The summed E-state index contributed by atoms with van der Waals surface area (Å²) in [6, 6.07) is 1.71. The molecule has 1 aliphatic rings. The summed E-state index contributed by atoms with van der Waals surface area (Å²) in [5.41, 5.74) is 1.15. The number of aromatic nitrogens is 5. The Bertz CT molecular complexity index is 1230.